The van der Waals surface area contributed by atoms with Crippen molar-refractivity contribution in [2.45, 2.75) is 40.0 Å². The molecule has 32 heavy (non-hydrogen) atoms. The number of benzene rings is 1. The molecular formula is C22H26N2O7S. The van der Waals surface area contributed by atoms with Crippen LogP contribution in [0, 0.1) is 10.1 Å². The van der Waals surface area contributed by atoms with E-state index < -0.39 is 22.8 Å². The molecule has 2 rings (SSSR count). The normalized spacial score (nSPS) is 15.8. The third-order valence-electron chi connectivity index (χ3n) is 4.75. The van der Waals surface area contributed by atoms with Gasteiger partial charge in [0, 0.05) is 35.2 Å². The maximum absolute atomic E-state index is 13.1. The fourth-order valence-corrected chi connectivity index (χ4v) is 4.14. The molecule has 0 aromatic heterocycles. The van der Waals surface area contributed by atoms with E-state index in [1.807, 2.05) is 0 Å². The Morgan fingerprint density at radius 2 is 1.66 bits per heavy atom. The molecule has 1 atom stereocenters. The van der Waals surface area contributed by atoms with Crippen molar-refractivity contribution >= 4 is 34.5 Å². The average Bonchev–Trinajstić information content (AvgIpc) is 2.76. The Balaban J connectivity index is 2.78. The summed E-state index contributed by atoms with van der Waals surface area (Å²) in [6.45, 7) is 6.79. The molecule has 0 aliphatic carbocycles. The number of carbonyl (C=O) groups is 3. The van der Waals surface area contributed by atoms with Gasteiger partial charge in [0.1, 0.15) is 0 Å². The number of para-hydroxylation sites is 1. The number of hydrogen-bond donors (Lipinski definition) is 1. The number of esters is 2. The van der Waals surface area contributed by atoms with Crippen LogP contribution in [0.4, 0.5) is 5.69 Å². The van der Waals surface area contributed by atoms with E-state index >= 15 is 0 Å². The van der Waals surface area contributed by atoms with Crippen molar-refractivity contribution in [3.8, 4) is 0 Å². The molecule has 172 valence electrons. The van der Waals surface area contributed by atoms with Gasteiger partial charge in [0.25, 0.3) is 5.69 Å². The van der Waals surface area contributed by atoms with Crippen LogP contribution >= 0.6 is 11.8 Å². The molecule has 0 amide bonds. The van der Waals surface area contributed by atoms with Gasteiger partial charge in [0.2, 0.25) is 0 Å². The zero-order valence-electron chi connectivity index (χ0n) is 18.4. The first-order valence-corrected chi connectivity index (χ1v) is 11.2. The summed E-state index contributed by atoms with van der Waals surface area (Å²) in [7, 11) is 0. The van der Waals surface area contributed by atoms with E-state index in [1.54, 1.807) is 33.8 Å². The van der Waals surface area contributed by atoms with Crippen LogP contribution in [0.25, 0.3) is 0 Å². The number of nitrogens with zero attached hydrogens (tertiary/aromatic N) is 1. The van der Waals surface area contributed by atoms with Gasteiger partial charge in [-0.15, -0.1) is 0 Å². The molecule has 1 aliphatic heterocycles. The van der Waals surface area contributed by atoms with Gasteiger partial charge in [-0.1, -0.05) is 36.9 Å². The second kappa shape index (κ2) is 11.5. The largest absolute Gasteiger partial charge is 0.463 e. The lowest BCUT2D eigenvalue weighted by molar-refractivity contribution is -0.385. The summed E-state index contributed by atoms with van der Waals surface area (Å²) in [6, 6.07) is 5.92. The molecule has 1 heterocycles. The number of carbonyl (C=O) groups excluding carboxylic acids is 3. The number of rotatable bonds is 9. The molecule has 0 fully saturated rings. The predicted molar refractivity (Wildman–Crippen MR) is 120 cm³/mol. The summed E-state index contributed by atoms with van der Waals surface area (Å²) in [6.07, 6.45) is 0.309. The summed E-state index contributed by atoms with van der Waals surface area (Å²) in [5, 5.41) is 14.7. The Morgan fingerprint density at radius 3 is 2.22 bits per heavy atom. The number of allylic oxidation sites excluding steroid dienone is 1. The molecule has 1 unspecified atom stereocenters. The smallest absolute Gasteiger partial charge is 0.336 e. The van der Waals surface area contributed by atoms with E-state index in [-0.39, 0.29) is 46.5 Å². The summed E-state index contributed by atoms with van der Waals surface area (Å²) >= 11 is 1.01. The van der Waals surface area contributed by atoms with Crippen molar-refractivity contribution in [3.63, 3.8) is 0 Å². The molecule has 1 aliphatic rings. The fourth-order valence-electron chi connectivity index (χ4n) is 3.40. The summed E-state index contributed by atoms with van der Waals surface area (Å²) in [5.74, 6) is -2.40. The van der Waals surface area contributed by atoms with Crippen molar-refractivity contribution in [2.75, 3.05) is 19.0 Å². The van der Waals surface area contributed by atoms with Crippen molar-refractivity contribution in [1.82, 2.24) is 5.32 Å². The molecule has 0 radical (unpaired) electrons. The van der Waals surface area contributed by atoms with E-state index in [2.05, 4.69) is 5.32 Å². The van der Waals surface area contributed by atoms with E-state index in [1.165, 1.54) is 18.2 Å². The Morgan fingerprint density at radius 1 is 1.06 bits per heavy atom. The van der Waals surface area contributed by atoms with Crippen molar-refractivity contribution in [2.24, 2.45) is 0 Å². The van der Waals surface area contributed by atoms with Gasteiger partial charge in [-0.05, 0) is 20.8 Å². The van der Waals surface area contributed by atoms with Crippen LogP contribution in [0.1, 0.15) is 45.6 Å². The van der Waals surface area contributed by atoms with Crippen LogP contribution in [0.5, 0.6) is 0 Å². The van der Waals surface area contributed by atoms with Crippen LogP contribution in [-0.4, -0.2) is 40.9 Å². The fraction of sp³-hybridized carbons (Fsp3) is 0.409. The highest BCUT2D eigenvalue weighted by molar-refractivity contribution is 8.13. The molecule has 1 aromatic rings. The zero-order valence-corrected chi connectivity index (χ0v) is 19.2. The van der Waals surface area contributed by atoms with Gasteiger partial charge < -0.3 is 14.8 Å². The number of hydrogen-bond acceptors (Lipinski definition) is 9. The number of dihydropyridines is 1. The van der Waals surface area contributed by atoms with Gasteiger partial charge in [0.05, 0.1) is 35.2 Å². The molecule has 0 bridgehead atoms. The van der Waals surface area contributed by atoms with Crippen molar-refractivity contribution in [1.29, 1.82) is 0 Å². The van der Waals surface area contributed by atoms with Crippen molar-refractivity contribution in [3.05, 3.63) is 62.5 Å². The Labute approximate surface area is 190 Å². The first kappa shape index (κ1) is 25.1. The zero-order chi connectivity index (χ0) is 23.8. The lowest BCUT2D eigenvalue weighted by Crippen LogP contribution is -2.34. The van der Waals surface area contributed by atoms with Crippen LogP contribution in [-0.2, 0) is 23.9 Å². The van der Waals surface area contributed by atoms with Crippen LogP contribution in [0.15, 0.2) is 46.8 Å². The van der Waals surface area contributed by atoms with E-state index in [9.17, 15) is 24.5 Å². The van der Waals surface area contributed by atoms with E-state index in [4.69, 9.17) is 9.47 Å². The monoisotopic (exact) mass is 462 g/mol. The van der Waals surface area contributed by atoms with Gasteiger partial charge in [-0.3, -0.25) is 14.9 Å². The minimum absolute atomic E-state index is 0.0474. The highest BCUT2D eigenvalue weighted by Crippen LogP contribution is 2.43. The van der Waals surface area contributed by atoms with Crippen LogP contribution in [0.2, 0.25) is 0 Å². The maximum atomic E-state index is 13.1. The van der Waals surface area contributed by atoms with Gasteiger partial charge in [-0.2, -0.15) is 0 Å². The molecule has 0 saturated carbocycles. The molecule has 1 N–H and O–H groups in total. The number of ether oxygens (including phenoxy) is 2. The quantitative estimate of drug-likeness (QED) is 0.333. The summed E-state index contributed by atoms with van der Waals surface area (Å²) in [4.78, 5) is 49.1. The average molecular weight is 463 g/mol. The molecule has 0 saturated heterocycles. The standard InChI is InChI=1S/C22H26N2O7S/c1-5-17(25)32-12-15-20(22(27)31-7-3)19(14-10-8-9-11-16(14)24(28)29)18(13(4)23-15)21(26)30-6-2/h8-11,19,23H,5-7,12H2,1-4H3. The third kappa shape index (κ3) is 5.56. The Bertz CT molecular complexity index is 984. The summed E-state index contributed by atoms with van der Waals surface area (Å²) < 4.78 is 10.4. The molecular weight excluding hydrogens is 436 g/mol. The Hall–Kier alpha value is -3.14. The number of nitro benzene ring substituents is 1. The van der Waals surface area contributed by atoms with Gasteiger partial charge in [-0.25, -0.2) is 9.59 Å². The minimum atomic E-state index is -1.09. The first-order chi connectivity index (χ1) is 15.3. The number of nitro groups is 1. The second-order valence-electron chi connectivity index (χ2n) is 6.76. The van der Waals surface area contributed by atoms with Crippen LogP contribution < -0.4 is 5.32 Å². The minimum Gasteiger partial charge on any atom is -0.463 e. The predicted octanol–water partition coefficient (Wildman–Crippen LogP) is 3.61. The lowest BCUT2D eigenvalue weighted by Gasteiger charge is -2.31. The van der Waals surface area contributed by atoms with Gasteiger partial charge >= 0.3 is 11.9 Å². The number of nitrogens with one attached hydrogen (secondary N) is 1. The molecule has 10 heteroatoms. The second-order valence-corrected chi connectivity index (χ2v) is 7.79. The molecule has 1 aromatic carbocycles. The first-order valence-electron chi connectivity index (χ1n) is 10.2. The highest BCUT2D eigenvalue weighted by Gasteiger charge is 2.41. The Kier molecular flexibility index (Phi) is 9.01. The van der Waals surface area contributed by atoms with E-state index in [0.29, 0.717) is 17.8 Å². The van der Waals surface area contributed by atoms with Crippen LogP contribution in [0.3, 0.4) is 0 Å². The SMILES string of the molecule is CCOC(=O)C1=C(C)NC(CSC(=O)CC)=C(C(=O)OCC)C1c1ccccc1[N+](=O)[O-]. The van der Waals surface area contributed by atoms with Crippen molar-refractivity contribution < 1.29 is 28.8 Å². The number of thioether (sulfide) groups is 1. The maximum Gasteiger partial charge on any atom is 0.336 e. The van der Waals surface area contributed by atoms with Gasteiger partial charge in [0.15, 0.2) is 5.12 Å². The molecule has 0 spiro atoms. The lowest BCUT2D eigenvalue weighted by atomic mass is 9.79. The topological polar surface area (TPSA) is 125 Å². The molecule has 9 nitrogen and oxygen atoms in total. The third-order valence-corrected chi connectivity index (χ3v) is 5.79. The highest BCUT2D eigenvalue weighted by atomic mass is 32.2. The summed E-state index contributed by atoms with van der Waals surface area (Å²) in [5.41, 5.74) is 0.801. The van der Waals surface area contributed by atoms with E-state index in [0.717, 1.165) is 11.8 Å².